The molecule has 0 N–H and O–H groups in total. The van der Waals surface area contributed by atoms with Gasteiger partial charge >= 0.3 is 0 Å². The zero-order valence-corrected chi connectivity index (χ0v) is 12.7. The Kier molecular flexibility index (Phi) is 4.54. The van der Waals surface area contributed by atoms with Crippen molar-refractivity contribution in [3.63, 3.8) is 0 Å². The third-order valence-electron chi connectivity index (χ3n) is 2.37. The number of halogens is 3. The zero-order valence-electron chi connectivity index (χ0n) is 9.62. The Labute approximate surface area is 124 Å². The second-order valence-electron chi connectivity index (χ2n) is 3.75. The van der Waals surface area contributed by atoms with Gasteiger partial charge in [0.05, 0.1) is 0 Å². The number of hydrogen-bond donors (Lipinski definition) is 0. The van der Waals surface area contributed by atoms with Crippen LogP contribution in [0, 0.1) is 0 Å². The molecule has 2 aromatic rings. The topological polar surface area (TPSA) is 38.7 Å². The molecule has 2 heterocycles. The molecule has 0 fully saturated rings. The normalized spacial score (nSPS) is 10.7. The first-order chi connectivity index (χ1) is 8.61. The van der Waals surface area contributed by atoms with Crippen molar-refractivity contribution < 1.29 is 0 Å². The van der Waals surface area contributed by atoms with Gasteiger partial charge in [0, 0.05) is 28.0 Å². The minimum Gasteiger partial charge on any atom is -0.263 e. The average Bonchev–Trinajstić information content (AvgIpc) is 2.33. The van der Waals surface area contributed by atoms with Crippen LogP contribution in [-0.4, -0.2) is 15.0 Å². The Hall–Kier alpha value is -0.710. The molecule has 0 spiro atoms. The first kappa shape index (κ1) is 13.7. The fourth-order valence-corrected chi connectivity index (χ4v) is 2.49. The van der Waals surface area contributed by atoms with Crippen molar-refractivity contribution in [2.45, 2.75) is 19.8 Å². The minimum atomic E-state index is 0.409. The summed E-state index contributed by atoms with van der Waals surface area (Å²) in [6, 6.07) is 1.87. The summed E-state index contributed by atoms with van der Waals surface area (Å²) in [5, 5.41) is 0.818. The molecule has 18 heavy (non-hydrogen) atoms. The maximum atomic E-state index is 6.14. The van der Waals surface area contributed by atoms with E-state index >= 15 is 0 Å². The van der Waals surface area contributed by atoms with E-state index in [1.165, 1.54) is 0 Å². The van der Waals surface area contributed by atoms with E-state index in [2.05, 4.69) is 37.8 Å². The number of hydrogen-bond acceptors (Lipinski definition) is 3. The molecule has 0 unspecified atom stereocenters. The fraction of sp³-hybridized carbons (Fsp3) is 0.250. The highest BCUT2D eigenvalue weighted by atomic mass is 79.9. The lowest BCUT2D eigenvalue weighted by molar-refractivity contribution is 0.902. The van der Waals surface area contributed by atoms with Crippen molar-refractivity contribution >= 4 is 39.1 Å². The summed E-state index contributed by atoms with van der Waals surface area (Å²) in [5.41, 5.74) is 1.57. The van der Waals surface area contributed by atoms with Crippen molar-refractivity contribution in [2.24, 2.45) is 0 Å². The molecule has 0 aliphatic rings. The highest BCUT2D eigenvalue weighted by Crippen LogP contribution is 2.27. The molecule has 94 valence electrons. The van der Waals surface area contributed by atoms with Crippen molar-refractivity contribution in [3.05, 3.63) is 38.8 Å². The maximum absolute atomic E-state index is 6.14. The molecule has 0 atom stereocenters. The molecule has 0 aromatic carbocycles. The lowest BCUT2D eigenvalue weighted by Gasteiger charge is -2.07. The van der Waals surface area contributed by atoms with Crippen LogP contribution in [0.15, 0.2) is 22.9 Å². The first-order valence-corrected chi connectivity index (χ1v) is 6.99. The van der Waals surface area contributed by atoms with Gasteiger partial charge in [0.25, 0.3) is 0 Å². The Morgan fingerprint density at radius 2 is 1.83 bits per heavy atom. The SMILES string of the molecule is CCCc1c(Cl)nc(-c2cncc(Br)c2)nc1Cl. The number of rotatable bonds is 3. The van der Waals surface area contributed by atoms with E-state index in [-0.39, 0.29) is 0 Å². The van der Waals surface area contributed by atoms with Crippen LogP contribution >= 0.6 is 39.1 Å². The predicted octanol–water partition coefficient (Wildman–Crippen LogP) is 4.56. The molecule has 0 aliphatic heterocycles. The van der Waals surface area contributed by atoms with Gasteiger partial charge in [-0.1, -0.05) is 36.5 Å². The highest BCUT2D eigenvalue weighted by molar-refractivity contribution is 9.10. The lowest BCUT2D eigenvalue weighted by atomic mass is 10.2. The van der Waals surface area contributed by atoms with E-state index in [1.807, 2.05) is 6.07 Å². The third kappa shape index (κ3) is 2.99. The molecule has 2 rings (SSSR count). The summed E-state index contributed by atoms with van der Waals surface area (Å²) >= 11 is 15.6. The first-order valence-electron chi connectivity index (χ1n) is 5.44. The number of nitrogens with zero attached hydrogens (tertiary/aromatic N) is 3. The van der Waals surface area contributed by atoms with Gasteiger partial charge in [0.15, 0.2) is 5.82 Å². The van der Waals surface area contributed by atoms with Gasteiger partial charge in [-0.3, -0.25) is 4.98 Å². The molecule has 0 aliphatic carbocycles. The quantitative estimate of drug-likeness (QED) is 0.764. The molecule has 0 amide bonds. The van der Waals surface area contributed by atoms with E-state index < -0.39 is 0 Å². The van der Waals surface area contributed by atoms with Crippen molar-refractivity contribution in [2.75, 3.05) is 0 Å². The van der Waals surface area contributed by atoms with E-state index in [9.17, 15) is 0 Å². The van der Waals surface area contributed by atoms with Gasteiger partial charge in [0.1, 0.15) is 10.3 Å². The van der Waals surface area contributed by atoms with Crippen LogP contribution in [-0.2, 0) is 6.42 Å². The van der Waals surface area contributed by atoms with Crippen molar-refractivity contribution in [1.82, 2.24) is 15.0 Å². The molecule has 2 aromatic heterocycles. The summed E-state index contributed by atoms with van der Waals surface area (Å²) in [5.74, 6) is 0.485. The van der Waals surface area contributed by atoms with Crippen LogP contribution in [0.5, 0.6) is 0 Å². The van der Waals surface area contributed by atoms with Gasteiger partial charge in [-0.05, 0) is 28.4 Å². The zero-order chi connectivity index (χ0) is 13.1. The van der Waals surface area contributed by atoms with E-state index in [1.54, 1.807) is 12.4 Å². The summed E-state index contributed by atoms with van der Waals surface area (Å²) < 4.78 is 0.855. The Morgan fingerprint density at radius 3 is 2.39 bits per heavy atom. The fourth-order valence-electron chi connectivity index (χ4n) is 1.55. The van der Waals surface area contributed by atoms with Gasteiger partial charge in [0.2, 0.25) is 0 Å². The van der Waals surface area contributed by atoms with Gasteiger partial charge < -0.3 is 0 Å². The van der Waals surface area contributed by atoms with Crippen molar-refractivity contribution in [3.8, 4) is 11.4 Å². The van der Waals surface area contributed by atoms with Crippen LogP contribution in [0.25, 0.3) is 11.4 Å². The number of pyridine rings is 1. The van der Waals surface area contributed by atoms with E-state index in [0.717, 1.165) is 28.4 Å². The highest BCUT2D eigenvalue weighted by Gasteiger charge is 2.12. The molecule has 0 saturated heterocycles. The summed E-state index contributed by atoms with van der Waals surface area (Å²) in [6.45, 7) is 2.05. The van der Waals surface area contributed by atoms with Crippen LogP contribution < -0.4 is 0 Å². The Morgan fingerprint density at radius 1 is 1.17 bits per heavy atom. The second-order valence-corrected chi connectivity index (χ2v) is 5.38. The van der Waals surface area contributed by atoms with Crippen LogP contribution in [0.1, 0.15) is 18.9 Å². The van der Waals surface area contributed by atoms with E-state index in [0.29, 0.717) is 16.1 Å². The van der Waals surface area contributed by atoms with Crippen molar-refractivity contribution in [1.29, 1.82) is 0 Å². The van der Waals surface area contributed by atoms with Gasteiger partial charge in [-0.25, -0.2) is 9.97 Å². The van der Waals surface area contributed by atoms with Crippen LogP contribution in [0.2, 0.25) is 10.3 Å². The number of aromatic nitrogens is 3. The third-order valence-corrected chi connectivity index (χ3v) is 3.43. The van der Waals surface area contributed by atoms with Gasteiger partial charge in [-0.15, -0.1) is 0 Å². The lowest BCUT2D eigenvalue weighted by Crippen LogP contribution is -1.97. The molecule has 6 heteroatoms. The largest absolute Gasteiger partial charge is 0.263 e. The smallest absolute Gasteiger partial charge is 0.164 e. The molecular formula is C12H10BrCl2N3. The van der Waals surface area contributed by atoms with E-state index in [4.69, 9.17) is 23.2 Å². The van der Waals surface area contributed by atoms with Crippen LogP contribution in [0.3, 0.4) is 0 Å². The maximum Gasteiger partial charge on any atom is 0.164 e. The standard InChI is InChI=1S/C12H10BrCl2N3/c1-2-3-9-10(14)17-12(18-11(9)15)7-4-8(13)6-16-5-7/h4-6H,2-3H2,1H3. The molecule has 0 saturated carbocycles. The van der Waals surface area contributed by atoms with Crippen LogP contribution in [0.4, 0.5) is 0 Å². The summed E-state index contributed by atoms with van der Waals surface area (Å²) in [4.78, 5) is 12.6. The molecule has 0 bridgehead atoms. The van der Waals surface area contributed by atoms with Gasteiger partial charge in [-0.2, -0.15) is 0 Å². The summed E-state index contributed by atoms with van der Waals surface area (Å²) in [7, 11) is 0. The Bertz CT molecular complexity index is 552. The monoisotopic (exact) mass is 345 g/mol. The molecular weight excluding hydrogens is 337 g/mol. The molecule has 3 nitrogen and oxygen atoms in total. The molecule has 0 radical (unpaired) electrons. The predicted molar refractivity (Wildman–Crippen MR) is 77.0 cm³/mol. The minimum absolute atomic E-state index is 0.409. The Balaban J connectivity index is 2.48. The average molecular weight is 347 g/mol. The second kappa shape index (κ2) is 5.95. The summed E-state index contributed by atoms with van der Waals surface area (Å²) in [6.07, 6.45) is 5.08.